The van der Waals surface area contributed by atoms with E-state index >= 15 is 0 Å². The number of benzene rings is 5. The summed E-state index contributed by atoms with van der Waals surface area (Å²) in [6.07, 6.45) is 8.35. The van der Waals surface area contributed by atoms with Gasteiger partial charge in [-0.1, -0.05) is 111 Å². The molecule has 8 rings (SSSR count). The fraction of sp³-hybridized carbons (Fsp3) is 0.111. The van der Waals surface area contributed by atoms with Crippen LogP contribution < -0.4 is 0 Å². The van der Waals surface area contributed by atoms with E-state index < -0.39 is 0 Å². The highest BCUT2D eigenvalue weighted by molar-refractivity contribution is 6.07. The van der Waals surface area contributed by atoms with Crippen molar-refractivity contribution in [3.8, 4) is 39.1 Å². The van der Waals surface area contributed by atoms with E-state index in [-0.39, 0.29) is 0 Å². The topological polar surface area (TPSA) is 31.2 Å². The van der Waals surface area contributed by atoms with Crippen LogP contribution in [0.5, 0.6) is 0 Å². The number of hydrogen-bond acceptors (Lipinski definition) is 2. The molecule has 0 radical (unpaired) electrons. The standard InChI is InChI=1S/C43H33NO2.C2H6/c1-4-5-7-15-35-25-34-14-10-11-16-39(34)44(35)36-22-24-41-38(27-36)43(29(3)46-41)42-28(2)45-40-23-21-33(26-37(40)42)32-19-17-31(18-20-32)30-12-8-6-9-13-30;1-2/h4-27H,1-3H3;1-2H3/b5-4-,15-7-;. The van der Waals surface area contributed by atoms with E-state index in [4.69, 9.17) is 8.83 Å². The Morgan fingerprint density at radius 1 is 0.542 bits per heavy atom. The van der Waals surface area contributed by atoms with Gasteiger partial charge in [-0.05, 0) is 91.6 Å². The lowest BCUT2D eigenvalue weighted by atomic mass is 9.95. The van der Waals surface area contributed by atoms with Gasteiger partial charge in [0, 0.05) is 38.7 Å². The molecule has 0 amide bonds. The highest BCUT2D eigenvalue weighted by atomic mass is 16.3. The van der Waals surface area contributed by atoms with Crippen molar-refractivity contribution in [1.29, 1.82) is 0 Å². The first-order valence-electron chi connectivity index (χ1n) is 16.7. The Morgan fingerprint density at radius 3 is 1.79 bits per heavy atom. The molecule has 0 atom stereocenters. The van der Waals surface area contributed by atoms with Gasteiger partial charge < -0.3 is 13.4 Å². The van der Waals surface area contributed by atoms with Crippen molar-refractivity contribution >= 4 is 38.9 Å². The summed E-state index contributed by atoms with van der Waals surface area (Å²) in [5.41, 5.74) is 12.0. The fourth-order valence-electron chi connectivity index (χ4n) is 6.71. The molecule has 3 aromatic heterocycles. The summed E-state index contributed by atoms with van der Waals surface area (Å²) in [4.78, 5) is 0. The summed E-state index contributed by atoms with van der Waals surface area (Å²) in [6.45, 7) is 10.1. The third kappa shape index (κ3) is 5.48. The number of hydrogen-bond donors (Lipinski definition) is 0. The summed E-state index contributed by atoms with van der Waals surface area (Å²) in [6, 6.07) is 43.0. The van der Waals surface area contributed by atoms with Crippen molar-refractivity contribution in [3.05, 3.63) is 157 Å². The normalized spacial score (nSPS) is 11.7. The van der Waals surface area contributed by atoms with Gasteiger partial charge in [0.1, 0.15) is 22.7 Å². The lowest BCUT2D eigenvalue weighted by Gasteiger charge is -2.10. The summed E-state index contributed by atoms with van der Waals surface area (Å²) in [5, 5.41) is 3.35. The minimum absolute atomic E-state index is 0.861. The Hall–Kier alpha value is -5.80. The number of allylic oxidation sites excluding steroid dienone is 3. The van der Waals surface area contributed by atoms with E-state index in [9.17, 15) is 0 Å². The van der Waals surface area contributed by atoms with E-state index in [1.807, 2.05) is 32.9 Å². The predicted octanol–water partition coefficient (Wildman–Crippen LogP) is 13.4. The van der Waals surface area contributed by atoms with Crippen molar-refractivity contribution < 1.29 is 8.83 Å². The van der Waals surface area contributed by atoms with Gasteiger partial charge in [-0.25, -0.2) is 0 Å². The van der Waals surface area contributed by atoms with Crippen LogP contribution in [0.3, 0.4) is 0 Å². The third-order valence-electron chi connectivity index (χ3n) is 8.85. The monoisotopic (exact) mass is 625 g/mol. The highest BCUT2D eigenvalue weighted by Gasteiger charge is 2.22. The first kappa shape index (κ1) is 30.8. The van der Waals surface area contributed by atoms with Crippen LogP contribution in [0.4, 0.5) is 0 Å². The first-order chi connectivity index (χ1) is 23.6. The molecule has 0 N–H and O–H groups in total. The molecule has 3 heterocycles. The number of furan rings is 2. The third-order valence-corrected chi connectivity index (χ3v) is 8.85. The van der Waals surface area contributed by atoms with Gasteiger partial charge in [-0.2, -0.15) is 0 Å². The molecule has 3 nitrogen and oxygen atoms in total. The quantitative estimate of drug-likeness (QED) is 0.172. The van der Waals surface area contributed by atoms with Crippen molar-refractivity contribution in [2.24, 2.45) is 0 Å². The van der Waals surface area contributed by atoms with E-state index in [0.29, 0.717) is 0 Å². The fourth-order valence-corrected chi connectivity index (χ4v) is 6.71. The van der Waals surface area contributed by atoms with Crippen LogP contribution in [-0.2, 0) is 0 Å². The van der Waals surface area contributed by atoms with Crippen LogP contribution in [0, 0.1) is 13.8 Å². The number of rotatable bonds is 6. The lowest BCUT2D eigenvalue weighted by Crippen LogP contribution is -1.96. The van der Waals surface area contributed by atoms with Gasteiger partial charge in [-0.3, -0.25) is 0 Å². The average Bonchev–Trinajstić information content (AvgIpc) is 3.77. The molecule has 0 saturated carbocycles. The van der Waals surface area contributed by atoms with Crippen molar-refractivity contribution in [2.75, 3.05) is 0 Å². The van der Waals surface area contributed by atoms with Crippen LogP contribution in [-0.4, -0.2) is 4.57 Å². The second kappa shape index (κ2) is 13.1. The van der Waals surface area contributed by atoms with Crippen molar-refractivity contribution in [1.82, 2.24) is 4.57 Å². The minimum atomic E-state index is 0.861. The highest BCUT2D eigenvalue weighted by Crippen LogP contribution is 2.43. The molecule has 0 fully saturated rings. The second-order valence-electron chi connectivity index (χ2n) is 11.7. The molecule has 5 aromatic carbocycles. The van der Waals surface area contributed by atoms with E-state index in [0.717, 1.165) is 67.0 Å². The van der Waals surface area contributed by atoms with Gasteiger partial charge in [0.25, 0.3) is 0 Å². The van der Waals surface area contributed by atoms with Gasteiger partial charge in [0.15, 0.2) is 0 Å². The maximum atomic E-state index is 6.39. The molecule has 48 heavy (non-hydrogen) atoms. The number of aromatic nitrogens is 1. The number of nitrogens with zero attached hydrogens (tertiary/aromatic N) is 1. The summed E-state index contributed by atoms with van der Waals surface area (Å²) in [5.74, 6) is 1.75. The van der Waals surface area contributed by atoms with E-state index in [2.05, 4.69) is 152 Å². The zero-order valence-corrected chi connectivity index (χ0v) is 28.1. The maximum absolute atomic E-state index is 6.39. The van der Waals surface area contributed by atoms with Crippen LogP contribution in [0.1, 0.15) is 38.0 Å². The molecular formula is C45H39NO2. The Bertz CT molecular complexity index is 2430. The lowest BCUT2D eigenvalue weighted by molar-refractivity contribution is 0.574. The zero-order chi connectivity index (χ0) is 33.2. The SMILES string of the molecule is C/C=C\C=C/c1cc2ccccc2n1-c1ccc2oc(C)c(-c3c(C)oc4ccc(-c5ccc(-c6ccccc6)cc5)cc34)c2c1.CC. The van der Waals surface area contributed by atoms with Gasteiger partial charge >= 0.3 is 0 Å². The molecule has 3 heteroatoms. The molecule has 0 unspecified atom stereocenters. The van der Waals surface area contributed by atoms with Crippen molar-refractivity contribution in [3.63, 3.8) is 0 Å². The van der Waals surface area contributed by atoms with Gasteiger partial charge in [0.05, 0.1) is 5.52 Å². The van der Waals surface area contributed by atoms with E-state index in [1.165, 1.54) is 22.1 Å². The number of para-hydroxylation sites is 1. The molecule has 0 aliphatic heterocycles. The van der Waals surface area contributed by atoms with E-state index in [1.54, 1.807) is 0 Å². The molecule has 0 bridgehead atoms. The summed E-state index contributed by atoms with van der Waals surface area (Å²) >= 11 is 0. The number of aryl methyl sites for hydroxylation is 2. The molecule has 0 aliphatic carbocycles. The second-order valence-corrected chi connectivity index (χ2v) is 11.7. The van der Waals surface area contributed by atoms with Crippen LogP contribution in [0.25, 0.3) is 78.0 Å². The molecule has 8 aromatic rings. The molecular weight excluding hydrogens is 587 g/mol. The smallest absolute Gasteiger partial charge is 0.135 e. The summed E-state index contributed by atoms with van der Waals surface area (Å²) in [7, 11) is 0. The molecule has 0 aliphatic rings. The average molecular weight is 626 g/mol. The minimum Gasteiger partial charge on any atom is -0.461 e. The zero-order valence-electron chi connectivity index (χ0n) is 28.1. The van der Waals surface area contributed by atoms with Crippen LogP contribution >= 0.6 is 0 Å². The Labute approximate surface area is 282 Å². The number of fused-ring (bicyclic) bond motifs is 3. The van der Waals surface area contributed by atoms with Crippen LogP contribution in [0.15, 0.2) is 148 Å². The molecule has 0 spiro atoms. The first-order valence-corrected chi connectivity index (χ1v) is 16.7. The maximum Gasteiger partial charge on any atom is 0.135 e. The molecule has 236 valence electrons. The Balaban J connectivity index is 0.00000179. The van der Waals surface area contributed by atoms with Crippen LogP contribution in [0.2, 0.25) is 0 Å². The van der Waals surface area contributed by atoms with Gasteiger partial charge in [-0.15, -0.1) is 0 Å². The largest absolute Gasteiger partial charge is 0.461 e. The summed E-state index contributed by atoms with van der Waals surface area (Å²) < 4.78 is 15.1. The van der Waals surface area contributed by atoms with Crippen molar-refractivity contribution in [2.45, 2.75) is 34.6 Å². The Kier molecular flexibility index (Phi) is 8.44. The molecule has 0 saturated heterocycles. The van der Waals surface area contributed by atoms with Gasteiger partial charge in [0.2, 0.25) is 0 Å². The Morgan fingerprint density at radius 2 is 1.10 bits per heavy atom. The predicted molar refractivity (Wildman–Crippen MR) is 204 cm³/mol.